The Labute approximate surface area is 191 Å². The predicted molar refractivity (Wildman–Crippen MR) is 137 cm³/mol. The SMILES string of the molecule is CC(C)c1cccc2c1sc1c(-c3ncnc4cc(-c5ccccc5)ccc34)cccc12. The van der Waals surface area contributed by atoms with Gasteiger partial charge in [0.05, 0.1) is 11.2 Å². The van der Waals surface area contributed by atoms with Gasteiger partial charge in [-0.25, -0.2) is 9.97 Å². The van der Waals surface area contributed by atoms with E-state index in [-0.39, 0.29) is 0 Å². The number of thiophene rings is 1. The summed E-state index contributed by atoms with van der Waals surface area (Å²) in [6, 6.07) is 30.2. The van der Waals surface area contributed by atoms with Gasteiger partial charge in [-0.3, -0.25) is 0 Å². The van der Waals surface area contributed by atoms with Gasteiger partial charge in [0, 0.05) is 31.1 Å². The molecule has 0 amide bonds. The highest BCUT2D eigenvalue weighted by atomic mass is 32.1. The maximum absolute atomic E-state index is 4.75. The first kappa shape index (κ1) is 19.1. The quantitative estimate of drug-likeness (QED) is 0.281. The van der Waals surface area contributed by atoms with Crippen LogP contribution in [0.1, 0.15) is 25.3 Å². The molecule has 0 aliphatic heterocycles. The van der Waals surface area contributed by atoms with Crippen LogP contribution in [0.3, 0.4) is 0 Å². The Bertz CT molecular complexity index is 1600. The second kappa shape index (κ2) is 7.54. The molecule has 2 heterocycles. The lowest BCUT2D eigenvalue weighted by molar-refractivity contribution is 0.878. The number of nitrogens with zero attached hydrogens (tertiary/aromatic N) is 2. The van der Waals surface area contributed by atoms with E-state index >= 15 is 0 Å². The van der Waals surface area contributed by atoms with Gasteiger partial charge in [0.15, 0.2) is 0 Å². The summed E-state index contributed by atoms with van der Waals surface area (Å²) in [4.78, 5) is 9.36. The molecule has 0 saturated heterocycles. The fraction of sp³-hybridized carbons (Fsp3) is 0.103. The van der Waals surface area contributed by atoms with E-state index in [4.69, 9.17) is 4.98 Å². The van der Waals surface area contributed by atoms with Crippen molar-refractivity contribution in [3.63, 3.8) is 0 Å². The van der Waals surface area contributed by atoms with Crippen molar-refractivity contribution in [3.05, 3.63) is 96.8 Å². The Hall–Kier alpha value is -3.56. The van der Waals surface area contributed by atoms with Crippen molar-refractivity contribution < 1.29 is 0 Å². The van der Waals surface area contributed by atoms with Gasteiger partial charge in [-0.05, 0) is 34.7 Å². The molecule has 154 valence electrons. The molecule has 0 bridgehead atoms. The third-order valence-electron chi connectivity index (χ3n) is 6.18. The monoisotopic (exact) mass is 430 g/mol. The van der Waals surface area contributed by atoms with Crippen molar-refractivity contribution in [1.29, 1.82) is 0 Å². The molecule has 6 aromatic rings. The standard InChI is InChI=1S/C29H22N2S/c1-18(2)21-10-6-11-22-23-12-7-13-25(29(23)32-28(21)22)27-24-15-14-20(16-26(24)30-17-31-27)19-8-4-3-5-9-19/h3-18H,1-2H3. The minimum atomic E-state index is 0.492. The highest BCUT2D eigenvalue weighted by molar-refractivity contribution is 7.26. The van der Waals surface area contributed by atoms with E-state index in [0.29, 0.717) is 5.92 Å². The molecule has 0 unspecified atom stereocenters. The van der Waals surface area contributed by atoms with Crippen LogP contribution in [0.15, 0.2) is 91.3 Å². The topological polar surface area (TPSA) is 25.8 Å². The molecule has 6 rings (SSSR count). The summed E-state index contributed by atoms with van der Waals surface area (Å²) in [5.41, 5.74) is 6.93. The van der Waals surface area contributed by atoms with E-state index < -0.39 is 0 Å². The zero-order valence-electron chi connectivity index (χ0n) is 18.0. The van der Waals surface area contributed by atoms with Crippen LogP contribution in [0.5, 0.6) is 0 Å². The van der Waals surface area contributed by atoms with E-state index in [0.717, 1.165) is 16.6 Å². The van der Waals surface area contributed by atoms with Gasteiger partial charge in [0.1, 0.15) is 6.33 Å². The Kier molecular flexibility index (Phi) is 4.51. The molecule has 0 N–H and O–H groups in total. The summed E-state index contributed by atoms with van der Waals surface area (Å²) in [5.74, 6) is 0.492. The number of hydrogen-bond donors (Lipinski definition) is 0. The maximum atomic E-state index is 4.75. The molecule has 0 fully saturated rings. The largest absolute Gasteiger partial charge is 0.236 e. The highest BCUT2D eigenvalue weighted by Gasteiger charge is 2.16. The first-order valence-electron chi connectivity index (χ1n) is 11.0. The lowest BCUT2D eigenvalue weighted by Crippen LogP contribution is -1.90. The van der Waals surface area contributed by atoms with Crippen molar-refractivity contribution >= 4 is 42.4 Å². The Morgan fingerprint density at radius 1 is 0.656 bits per heavy atom. The van der Waals surface area contributed by atoms with Crippen LogP contribution in [0.2, 0.25) is 0 Å². The first-order valence-corrected chi connectivity index (χ1v) is 11.8. The molecule has 2 nitrogen and oxygen atoms in total. The molecule has 0 spiro atoms. The molecule has 0 saturated carbocycles. The average molecular weight is 431 g/mol. The van der Waals surface area contributed by atoms with Crippen LogP contribution in [-0.4, -0.2) is 9.97 Å². The third kappa shape index (κ3) is 3.01. The van der Waals surface area contributed by atoms with E-state index in [1.54, 1.807) is 6.33 Å². The van der Waals surface area contributed by atoms with Crippen LogP contribution >= 0.6 is 11.3 Å². The van der Waals surface area contributed by atoms with Crippen LogP contribution in [0.4, 0.5) is 0 Å². The van der Waals surface area contributed by atoms with Gasteiger partial charge in [0.2, 0.25) is 0 Å². The van der Waals surface area contributed by atoms with Crippen molar-refractivity contribution in [2.24, 2.45) is 0 Å². The van der Waals surface area contributed by atoms with Crippen molar-refractivity contribution in [2.75, 3.05) is 0 Å². The van der Waals surface area contributed by atoms with Gasteiger partial charge in [-0.1, -0.05) is 86.6 Å². The second-order valence-corrected chi connectivity index (χ2v) is 9.50. The number of aromatic nitrogens is 2. The van der Waals surface area contributed by atoms with Crippen LogP contribution < -0.4 is 0 Å². The zero-order valence-corrected chi connectivity index (χ0v) is 18.9. The fourth-order valence-electron chi connectivity index (χ4n) is 4.56. The summed E-state index contributed by atoms with van der Waals surface area (Å²) in [7, 11) is 0. The molecular formula is C29H22N2S. The van der Waals surface area contributed by atoms with Gasteiger partial charge in [-0.2, -0.15) is 0 Å². The molecular weight excluding hydrogens is 408 g/mol. The van der Waals surface area contributed by atoms with E-state index in [1.165, 1.54) is 42.4 Å². The second-order valence-electron chi connectivity index (χ2n) is 8.48. The van der Waals surface area contributed by atoms with Crippen LogP contribution in [-0.2, 0) is 0 Å². The van der Waals surface area contributed by atoms with E-state index in [2.05, 4.69) is 97.7 Å². The maximum Gasteiger partial charge on any atom is 0.116 e. The van der Waals surface area contributed by atoms with Crippen molar-refractivity contribution in [1.82, 2.24) is 9.97 Å². The molecule has 0 atom stereocenters. The molecule has 0 aliphatic rings. The molecule has 2 aromatic heterocycles. The molecule has 32 heavy (non-hydrogen) atoms. The molecule has 0 aliphatic carbocycles. The molecule has 3 heteroatoms. The summed E-state index contributed by atoms with van der Waals surface area (Å²) in [6.45, 7) is 4.53. The van der Waals surface area contributed by atoms with Crippen molar-refractivity contribution in [2.45, 2.75) is 19.8 Å². The lowest BCUT2D eigenvalue weighted by Gasteiger charge is -2.08. The zero-order chi connectivity index (χ0) is 21.7. The summed E-state index contributed by atoms with van der Waals surface area (Å²) >= 11 is 1.89. The van der Waals surface area contributed by atoms with E-state index in [9.17, 15) is 0 Å². The Morgan fingerprint density at radius 3 is 2.25 bits per heavy atom. The van der Waals surface area contributed by atoms with Gasteiger partial charge < -0.3 is 0 Å². The number of rotatable bonds is 3. The average Bonchev–Trinajstić information content (AvgIpc) is 3.23. The van der Waals surface area contributed by atoms with Gasteiger partial charge in [-0.15, -0.1) is 11.3 Å². The van der Waals surface area contributed by atoms with Gasteiger partial charge >= 0.3 is 0 Å². The first-order chi connectivity index (χ1) is 15.7. The van der Waals surface area contributed by atoms with Crippen LogP contribution in [0.25, 0.3) is 53.5 Å². The highest BCUT2D eigenvalue weighted by Crippen LogP contribution is 2.43. The minimum Gasteiger partial charge on any atom is -0.236 e. The third-order valence-corrected chi connectivity index (χ3v) is 7.48. The Balaban J connectivity index is 1.59. The van der Waals surface area contributed by atoms with Gasteiger partial charge in [0.25, 0.3) is 0 Å². The molecule has 0 radical (unpaired) electrons. The molecule has 4 aromatic carbocycles. The fourth-order valence-corrected chi connectivity index (χ4v) is 6.04. The van der Waals surface area contributed by atoms with Crippen molar-refractivity contribution in [3.8, 4) is 22.4 Å². The Morgan fingerprint density at radius 2 is 1.44 bits per heavy atom. The normalized spacial score (nSPS) is 11.7. The minimum absolute atomic E-state index is 0.492. The smallest absolute Gasteiger partial charge is 0.116 e. The number of hydrogen-bond acceptors (Lipinski definition) is 3. The van der Waals surface area contributed by atoms with Crippen LogP contribution in [0, 0.1) is 0 Å². The number of fused-ring (bicyclic) bond motifs is 4. The lowest BCUT2D eigenvalue weighted by atomic mass is 9.98. The predicted octanol–water partition coefficient (Wildman–Crippen LogP) is 8.46. The summed E-state index contributed by atoms with van der Waals surface area (Å²) < 4.78 is 2.68. The summed E-state index contributed by atoms with van der Waals surface area (Å²) in [6.07, 6.45) is 1.69. The van der Waals surface area contributed by atoms with E-state index in [1.807, 2.05) is 17.4 Å². The number of benzene rings is 4. The summed E-state index contributed by atoms with van der Waals surface area (Å²) in [5, 5.41) is 3.72.